The van der Waals surface area contributed by atoms with Crippen molar-refractivity contribution in [3.63, 3.8) is 0 Å². The Balaban J connectivity index is 1.33. The zero-order chi connectivity index (χ0) is 17.9. The predicted molar refractivity (Wildman–Crippen MR) is 100 cm³/mol. The van der Waals surface area contributed by atoms with Gasteiger partial charge in [0.15, 0.2) is 5.76 Å². The Bertz CT molecular complexity index is 868. The number of nitro groups is 1. The lowest BCUT2D eigenvalue weighted by molar-refractivity contribution is -0.384. The van der Waals surface area contributed by atoms with Crippen LogP contribution in [-0.2, 0) is 6.54 Å². The highest BCUT2D eigenvalue weighted by Crippen LogP contribution is 2.26. The molecule has 134 valence electrons. The third-order valence-corrected chi connectivity index (χ3v) is 5.39. The normalized spacial score (nSPS) is 15.3. The van der Waals surface area contributed by atoms with Crippen LogP contribution in [0, 0.1) is 10.1 Å². The molecule has 1 aliphatic heterocycles. The van der Waals surface area contributed by atoms with Crippen LogP contribution in [0.4, 0.5) is 11.4 Å². The van der Waals surface area contributed by atoms with Gasteiger partial charge in [0.2, 0.25) is 0 Å². The van der Waals surface area contributed by atoms with Crippen molar-refractivity contribution in [2.45, 2.75) is 6.54 Å². The molecule has 8 heteroatoms. The number of anilines is 1. The molecule has 0 atom stereocenters. The molecule has 0 spiro atoms. The van der Waals surface area contributed by atoms with Crippen molar-refractivity contribution in [3.05, 3.63) is 63.7 Å². The van der Waals surface area contributed by atoms with Crippen LogP contribution < -0.4 is 4.90 Å². The van der Waals surface area contributed by atoms with E-state index in [0.29, 0.717) is 0 Å². The number of aromatic nitrogens is 1. The number of thiophene rings is 1. The zero-order valence-corrected chi connectivity index (χ0v) is 14.9. The molecule has 1 saturated heterocycles. The van der Waals surface area contributed by atoms with Gasteiger partial charge in [-0.05, 0) is 23.6 Å². The first kappa shape index (κ1) is 16.7. The van der Waals surface area contributed by atoms with Crippen molar-refractivity contribution in [2.24, 2.45) is 0 Å². The Labute approximate surface area is 154 Å². The minimum atomic E-state index is -0.371. The molecule has 0 amide bonds. The molecule has 0 N–H and O–H groups in total. The summed E-state index contributed by atoms with van der Waals surface area (Å²) in [6.45, 7) is 4.36. The highest BCUT2D eigenvalue weighted by atomic mass is 32.1. The average molecular weight is 370 g/mol. The zero-order valence-electron chi connectivity index (χ0n) is 14.1. The average Bonchev–Trinajstić information content (AvgIpc) is 3.34. The minimum absolute atomic E-state index is 0.125. The first-order valence-corrected chi connectivity index (χ1v) is 9.28. The Morgan fingerprint density at radius 3 is 2.58 bits per heavy atom. The van der Waals surface area contributed by atoms with Crippen LogP contribution in [-0.4, -0.2) is 41.2 Å². The summed E-state index contributed by atoms with van der Waals surface area (Å²) in [4.78, 5) is 16.1. The molecule has 0 unspecified atom stereocenters. The lowest BCUT2D eigenvalue weighted by atomic mass is 10.2. The van der Waals surface area contributed by atoms with Crippen LogP contribution in [0.1, 0.15) is 5.69 Å². The van der Waals surface area contributed by atoms with Gasteiger partial charge in [0.25, 0.3) is 5.69 Å². The van der Waals surface area contributed by atoms with Crippen molar-refractivity contribution in [1.29, 1.82) is 0 Å². The molecule has 0 saturated carbocycles. The SMILES string of the molecule is O=[N+]([O-])c1ccc(N2CCN(Cc3cc(-c4cccs4)on3)CC2)cc1. The summed E-state index contributed by atoms with van der Waals surface area (Å²) < 4.78 is 5.44. The first-order valence-electron chi connectivity index (χ1n) is 8.40. The number of nitro benzene ring substituents is 1. The second-order valence-corrected chi connectivity index (χ2v) is 7.14. The van der Waals surface area contributed by atoms with E-state index < -0.39 is 0 Å². The Kier molecular flexibility index (Phi) is 4.68. The standard InChI is InChI=1S/C18H18N4O3S/c23-22(24)16-5-3-15(4-6-16)21-9-7-20(8-10-21)13-14-12-17(25-19-14)18-2-1-11-26-18/h1-6,11-12H,7-10,13H2. The van der Waals surface area contributed by atoms with Crippen LogP contribution in [0.2, 0.25) is 0 Å². The maximum Gasteiger partial charge on any atom is 0.269 e. The third-order valence-electron chi connectivity index (χ3n) is 4.51. The van der Waals surface area contributed by atoms with Crippen molar-refractivity contribution in [3.8, 4) is 10.6 Å². The molecular formula is C18H18N4O3S. The lowest BCUT2D eigenvalue weighted by Crippen LogP contribution is -2.46. The Hall–Kier alpha value is -2.71. The number of hydrogen-bond donors (Lipinski definition) is 0. The maximum absolute atomic E-state index is 10.8. The third kappa shape index (κ3) is 3.61. The fourth-order valence-corrected chi connectivity index (χ4v) is 3.77. The van der Waals surface area contributed by atoms with Crippen molar-refractivity contribution in [2.75, 3.05) is 31.1 Å². The summed E-state index contributed by atoms with van der Waals surface area (Å²) in [5.74, 6) is 0.819. The minimum Gasteiger partial charge on any atom is -0.369 e. The Morgan fingerprint density at radius 2 is 1.92 bits per heavy atom. The largest absolute Gasteiger partial charge is 0.369 e. The number of hydrogen-bond acceptors (Lipinski definition) is 7. The fraction of sp³-hybridized carbons (Fsp3) is 0.278. The number of non-ortho nitro benzene ring substituents is 1. The van der Waals surface area contributed by atoms with Crippen LogP contribution in [0.3, 0.4) is 0 Å². The summed E-state index contributed by atoms with van der Waals surface area (Å²) >= 11 is 1.64. The van der Waals surface area contributed by atoms with Gasteiger partial charge in [-0.2, -0.15) is 0 Å². The molecule has 3 heterocycles. The lowest BCUT2D eigenvalue weighted by Gasteiger charge is -2.35. The number of benzene rings is 1. The van der Waals surface area contributed by atoms with Gasteiger partial charge in [-0.1, -0.05) is 11.2 Å². The van der Waals surface area contributed by atoms with Gasteiger partial charge >= 0.3 is 0 Å². The highest BCUT2D eigenvalue weighted by molar-refractivity contribution is 7.13. The van der Waals surface area contributed by atoms with Gasteiger partial charge in [-0.25, -0.2) is 0 Å². The van der Waals surface area contributed by atoms with E-state index >= 15 is 0 Å². The molecule has 0 aliphatic carbocycles. The fourth-order valence-electron chi connectivity index (χ4n) is 3.10. The second-order valence-electron chi connectivity index (χ2n) is 6.20. The quantitative estimate of drug-likeness (QED) is 0.504. The van der Waals surface area contributed by atoms with Crippen LogP contribution in [0.15, 0.2) is 52.4 Å². The van der Waals surface area contributed by atoms with E-state index in [1.54, 1.807) is 23.5 Å². The first-order chi connectivity index (χ1) is 12.7. The molecule has 7 nitrogen and oxygen atoms in total. The molecular weight excluding hydrogens is 352 g/mol. The number of piperazine rings is 1. The van der Waals surface area contributed by atoms with Crippen LogP contribution >= 0.6 is 11.3 Å². The van der Waals surface area contributed by atoms with E-state index in [1.807, 2.05) is 35.7 Å². The Morgan fingerprint density at radius 1 is 1.15 bits per heavy atom. The van der Waals surface area contributed by atoms with E-state index in [2.05, 4.69) is 15.0 Å². The molecule has 0 radical (unpaired) electrons. The van der Waals surface area contributed by atoms with Crippen molar-refractivity contribution in [1.82, 2.24) is 10.1 Å². The highest BCUT2D eigenvalue weighted by Gasteiger charge is 2.19. The van der Waals surface area contributed by atoms with Crippen LogP contribution in [0.25, 0.3) is 10.6 Å². The van der Waals surface area contributed by atoms with Gasteiger partial charge in [0.05, 0.1) is 15.5 Å². The molecule has 1 aliphatic rings. The van der Waals surface area contributed by atoms with Crippen molar-refractivity contribution >= 4 is 22.7 Å². The van der Waals surface area contributed by atoms with E-state index in [1.165, 1.54) is 0 Å². The summed E-state index contributed by atoms with van der Waals surface area (Å²) in [5.41, 5.74) is 2.09. The summed E-state index contributed by atoms with van der Waals surface area (Å²) in [7, 11) is 0. The molecule has 2 aromatic heterocycles. The molecule has 0 bridgehead atoms. The number of rotatable bonds is 5. The maximum atomic E-state index is 10.8. The van der Waals surface area contributed by atoms with Gasteiger partial charge in [-0.3, -0.25) is 15.0 Å². The van der Waals surface area contributed by atoms with E-state index in [-0.39, 0.29) is 10.6 Å². The van der Waals surface area contributed by atoms with Crippen molar-refractivity contribution < 1.29 is 9.45 Å². The molecule has 3 aromatic rings. The van der Waals surface area contributed by atoms with E-state index in [0.717, 1.165) is 54.7 Å². The van der Waals surface area contributed by atoms with Gasteiger partial charge < -0.3 is 9.42 Å². The summed E-state index contributed by atoms with van der Waals surface area (Å²) in [5, 5.41) is 17.0. The predicted octanol–water partition coefficient (Wildman–Crippen LogP) is 3.63. The van der Waals surface area contributed by atoms with Crippen LogP contribution in [0.5, 0.6) is 0 Å². The van der Waals surface area contributed by atoms with Gasteiger partial charge in [-0.15, -0.1) is 11.3 Å². The topological polar surface area (TPSA) is 75.7 Å². The monoisotopic (exact) mass is 370 g/mol. The second kappa shape index (κ2) is 7.27. The molecule has 1 fully saturated rings. The number of nitrogens with zero attached hydrogens (tertiary/aromatic N) is 4. The summed E-state index contributed by atoms with van der Waals surface area (Å²) in [6, 6.07) is 12.8. The molecule has 26 heavy (non-hydrogen) atoms. The van der Waals surface area contributed by atoms with E-state index in [4.69, 9.17) is 4.52 Å². The van der Waals surface area contributed by atoms with E-state index in [9.17, 15) is 10.1 Å². The molecule has 4 rings (SSSR count). The molecule has 1 aromatic carbocycles. The summed E-state index contributed by atoms with van der Waals surface area (Å²) in [6.07, 6.45) is 0. The van der Waals surface area contributed by atoms with Gasteiger partial charge in [0, 0.05) is 56.6 Å². The smallest absolute Gasteiger partial charge is 0.269 e. The van der Waals surface area contributed by atoms with Gasteiger partial charge in [0.1, 0.15) is 0 Å².